The molecule has 7 atom stereocenters. The molecule has 0 aromatic rings. The zero-order valence-electron chi connectivity index (χ0n) is 14.8. The Labute approximate surface area is 140 Å². The Hall–Kier alpha value is -0.660. The summed E-state index contributed by atoms with van der Waals surface area (Å²) in [6.07, 6.45) is 11.3. The number of hydrogen-bond donors (Lipinski definition) is 0. The van der Waals surface area contributed by atoms with Crippen molar-refractivity contribution < 1.29 is 4.79 Å². The Balaban J connectivity index is 1.47. The number of Topliss-reactive ketones (excluding diaryl/α,β-unsaturated/α-hetero) is 1. The Morgan fingerprint density at radius 2 is 1.91 bits per heavy atom. The van der Waals surface area contributed by atoms with Gasteiger partial charge >= 0.3 is 0 Å². The summed E-state index contributed by atoms with van der Waals surface area (Å²) in [6.45, 7) is 5.98. The molecule has 0 aromatic carbocycles. The SMILES string of the molecule is CC1=NC[C@]23CC[C@H]4[C@@H](CC[C@H]5CC(=O)CC[C@@]54C)[C@@H]2CC[C@H]13. The molecular formula is C21H31NO. The highest BCUT2D eigenvalue weighted by molar-refractivity contribution is 5.87. The molecule has 0 aromatic heterocycles. The third-order valence-electron chi connectivity index (χ3n) is 9.33. The van der Waals surface area contributed by atoms with Gasteiger partial charge in [-0.1, -0.05) is 6.92 Å². The van der Waals surface area contributed by atoms with Gasteiger partial charge in [-0.25, -0.2) is 0 Å². The van der Waals surface area contributed by atoms with Gasteiger partial charge in [-0.3, -0.25) is 9.79 Å². The summed E-state index contributed by atoms with van der Waals surface area (Å²) in [5, 5.41) is 0. The van der Waals surface area contributed by atoms with Crippen LogP contribution < -0.4 is 0 Å². The van der Waals surface area contributed by atoms with E-state index in [9.17, 15) is 4.79 Å². The molecule has 0 unspecified atom stereocenters. The molecular weight excluding hydrogens is 282 g/mol. The van der Waals surface area contributed by atoms with Gasteiger partial charge in [0.2, 0.25) is 0 Å². The van der Waals surface area contributed by atoms with Crippen LogP contribution in [-0.4, -0.2) is 18.0 Å². The Bertz CT molecular complexity index is 580. The first-order valence-electron chi connectivity index (χ1n) is 10.1. The lowest BCUT2D eigenvalue weighted by atomic mass is 9.44. The van der Waals surface area contributed by atoms with Crippen LogP contribution in [0.1, 0.15) is 71.6 Å². The monoisotopic (exact) mass is 313 g/mol. The number of carbonyl (C=O) groups excluding carboxylic acids is 1. The number of ketones is 1. The van der Waals surface area contributed by atoms with Crippen LogP contribution in [-0.2, 0) is 4.79 Å². The largest absolute Gasteiger partial charge is 0.300 e. The summed E-state index contributed by atoms with van der Waals surface area (Å²) >= 11 is 0. The predicted octanol–water partition coefficient (Wildman–Crippen LogP) is 4.67. The predicted molar refractivity (Wildman–Crippen MR) is 92.5 cm³/mol. The second-order valence-corrected chi connectivity index (χ2v) is 9.76. The lowest BCUT2D eigenvalue weighted by Crippen LogP contribution is -2.54. The first kappa shape index (κ1) is 14.7. The third kappa shape index (κ3) is 1.76. The smallest absolute Gasteiger partial charge is 0.133 e. The van der Waals surface area contributed by atoms with Gasteiger partial charge in [0, 0.05) is 36.4 Å². The minimum atomic E-state index is 0.463. The fourth-order valence-electron chi connectivity index (χ4n) is 8.17. The van der Waals surface area contributed by atoms with Crippen molar-refractivity contribution in [3.63, 3.8) is 0 Å². The molecule has 0 saturated heterocycles. The number of rotatable bonds is 0. The Morgan fingerprint density at radius 1 is 1.04 bits per heavy atom. The molecule has 1 heterocycles. The van der Waals surface area contributed by atoms with E-state index in [1.165, 1.54) is 50.7 Å². The summed E-state index contributed by atoms with van der Waals surface area (Å²) in [6, 6.07) is 0. The normalized spacial score (nSPS) is 54.8. The zero-order valence-corrected chi connectivity index (χ0v) is 14.8. The van der Waals surface area contributed by atoms with E-state index in [2.05, 4.69) is 13.8 Å². The van der Waals surface area contributed by atoms with E-state index in [1.54, 1.807) is 0 Å². The molecule has 0 bridgehead atoms. The molecule has 4 fully saturated rings. The van der Waals surface area contributed by atoms with Crippen molar-refractivity contribution in [3.8, 4) is 0 Å². The van der Waals surface area contributed by atoms with Gasteiger partial charge in [0.1, 0.15) is 5.78 Å². The van der Waals surface area contributed by atoms with Crippen molar-refractivity contribution in [1.82, 2.24) is 0 Å². The molecule has 0 radical (unpaired) electrons. The van der Waals surface area contributed by atoms with Crippen LogP contribution in [0, 0.1) is 40.4 Å². The molecule has 0 amide bonds. The van der Waals surface area contributed by atoms with E-state index in [4.69, 9.17) is 4.99 Å². The maximum atomic E-state index is 12.0. The summed E-state index contributed by atoms with van der Waals surface area (Å²) < 4.78 is 0. The number of fused-ring (bicyclic) bond motifs is 4. The number of aliphatic imine (C=N–C) groups is 1. The molecule has 1 aliphatic heterocycles. The molecule has 23 heavy (non-hydrogen) atoms. The van der Waals surface area contributed by atoms with E-state index in [1.807, 2.05) is 0 Å². The Morgan fingerprint density at radius 3 is 2.78 bits per heavy atom. The average Bonchev–Trinajstić information content (AvgIpc) is 3.06. The van der Waals surface area contributed by atoms with Crippen molar-refractivity contribution in [2.24, 2.45) is 45.4 Å². The van der Waals surface area contributed by atoms with Crippen molar-refractivity contribution in [2.75, 3.05) is 6.54 Å². The lowest BCUT2D eigenvalue weighted by Gasteiger charge is -2.60. The fourth-order valence-corrected chi connectivity index (χ4v) is 8.17. The minimum absolute atomic E-state index is 0.463. The van der Waals surface area contributed by atoms with Crippen molar-refractivity contribution in [3.05, 3.63) is 0 Å². The molecule has 5 aliphatic rings. The van der Waals surface area contributed by atoms with Crippen LogP contribution in [0.2, 0.25) is 0 Å². The molecule has 2 heteroatoms. The highest BCUT2D eigenvalue weighted by atomic mass is 16.1. The number of hydrogen-bond acceptors (Lipinski definition) is 2. The van der Waals surface area contributed by atoms with Gasteiger partial charge in [-0.2, -0.15) is 0 Å². The molecule has 126 valence electrons. The number of nitrogens with zero attached hydrogens (tertiary/aromatic N) is 1. The second kappa shape index (κ2) is 4.70. The van der Waals surface area contributed by atoms with E-state index >= 15 is 0 Å². The highest BCUT2D eigenvalue weighted by Crippen LogP contribution is 2.68. The van der Waals surface area contributed by atoms with E-state index in [-0.39, 0.29) is 0 Å². The fraction of sp³-hybridized carbons (Fsp3) is 0.905. The van der Waals surface area contributed by atoms with E-state index < -0.39 is 0 Å². The first-order chi connectivity index (χ1) is 11.0. The molecule has 4 aliphatic carbocycles. The first-order valence-corrected chi connectivity index (χ1v) is 10.1. The molecule has 0 N–H and O–H groups in total. The van der Waals surface area contributed by atoms with Gasteiger partial charge in [-0.05, 0) is 81.0 Å². The van der Waals surface area contributed by atoms with Crippen LogP contribution in [0.25, 0.3) is 0 Å². The molecule has 5 rings (SSSR count). The second-order valence-electron chi connectivity index (χ2n) is 9.76. The van der Waals surface area contributed by atoms with Crippen LogP contribution in [0.15, 0.2) is 4.99 Å². The van der Waals surface area contributed by atoms with Crippen molar-refractivity contribution in [1.29, 1.82) is 0 Å². The van der Waals surface area contributed by atoms with Crippen molar-refractivity contribution in [2.45, 2.75) is 71.6 Å². The summed E-state index contributed by atoms with van der Waals surface area (Å²) in [5.74, 6) is 4.81. The zero-order chi connectivity index (χ0) is 15.8. The van der Waals surface area contributed by atoms with Crippen molar-refractivity contribution >= 4 is 11.5 Å². The lowest BCUT2D eigenvalue weighted by molar-refractivity contribution is -0.138. The van der Waals surface area contributed by atoms with E-state index in [0.29, 0.717) is 22.5 Å². The van der Waals surface area contributed by atoms with Crippen LogP contribution in [0.3, 0.4) is 0 Å². The van der Waals surface area contributed by atoms with Crippen LogP contribution in [0.5, 0.6) is 0 Å². The summed E-state index contributed by atoms with van der Waals surface area (Å²) in [7, 11) is 0. The van der Waals surface area contributed by atoms with Gasteiger partial charge < -0.3 is 0 Å². The summed E-state index contributed by atoms with van der Waals surface area (Å²) in [4.78, 5) is 16.9. The van der Waals surface area contributed by atoms with Gasteiger partial charge in [0.25, 0.3) is 0 Å². The Kier molecular flexibility index (Phi) is 3.00. The quantitative estimate of drug-likeness (QED) is 0.639. The standard InChI is InChI=1S/C21H31NO/c1-13-17-5-6-19-16-4-3-14-11-15(23)7-9-20(14,2)18(16)8-10-21(17,19)12-22-13/h14,16-19H,3-12H2,1-2H3/t14-,16+,17+,18-,19-,20-,21-/m0/s1. The van der Waals surface area contributed by atoms with E-state index in [0.717, 1.165) is 43.1 Å². The highest BCUT2D eigenvalue weighted by Gasteiger charge is 2.63. The number of carbonyl (C=O) groups is 1. The van der Waals surface area contributed by atoms with Gasteiger partial charge in [0.05, 0.1) is 0 Å². The summed E-state index contributed by atoms with van der Waals surface area (Å²) in [5.41, 5.74) is 2.48. The molecule has 4 saturated carbocycles. The van der Waals surface area contributed by atoms with Crippen LogP contribution in [0.4, 0.5) is 0 Å². The average molecular weight is 313 g/mol. The van der Waals surface area contributed by atoms with Gasteiger partial charge in [0.15, 0.2) is 0 Å². The van der Waals surface area contributed by atoms with Gasteiger partial charge in [-0.15, -0.1) is 0 Å². The minimum Gasteiger partial charge on any atom is -0.300 e. The topological polar surface area (TPSA) is 29.4 Å². The van der Waals surface area contributed by atoms with Crippen LogP contribution >= 0.6 is 0 Å². The third-order valence-corrected chi connectivity index (χ3v) is 9.33. The molecule has 2 nitrogen and oxygen atoms in total. The maximum absolute atomic E-state index is 12.0. The maximum Gasteiger partial charge on any atom is 0.133 e. The molecule has 1 spiro atoms.